The number of nitrogens with two attached hydrogens (primary N) is 1. The van der Waals surface area contributed by atoms with Crippen molar-refractivity contribution in [2.75, 3.05) is 10.6 Å². The monoisotopic (exact) mass is 408 g/mol. The fourth-order valence-electron chi connectivity index (χ4n) is 2.30. The number of amides is 1. The molecule has 0 saturated heterocycles. The average Bonchev–Trinajstić information content (AvgIpc) is 2.66. The number of aliphatic imine (C=N–C) groups is 1. The summed E-state index contributed by atoms with van der Waals surface area (Å²) in [5.41, 5.74) is 7.81. The molecule has 0 radical (unpaired) electrons. The third-order valence-electron chi connectivity index (χ3n) is 4.05. The van der Waals surface area contributed by atoms with Gasteiger partial charge in [0.1, 0.15) is 5.75 Å². The second-order valence-electron chi connectivity index (χ2n) is 6.40. The van der Waals surface area contributed by atoms with Crippen LogP contribution in [0.3, 0.4) is 0 Å². The minimum Gasteiger partial charge on any atom is -0.406 e. The summed E-state index contributed by atoms with van der Waals surface area (Å²) in [5.74, 6) is -0.352. The first kappa shape index (κ1) is 22.1. The number of nitrogens with zero attached hydrogens (tertiary/aromatic N) is 1. The number of benzene rings is 2. The molecule has 2 rings (SSSR count). The van der Waals surface area contributed by atoms with Gasteiger partial charge in [0, 0.05) is 17.3 Å². The van der Waals surface area contributed by atoms with Crippen molar-refractivity contribution < 1.29 is 22.7 Å². The van der Waals surface area contributed by atoms with Gasteiger partial charge in [-0.25, -0.2) is 4.99 Å². The highest BCUT2D eigenvalue weighted by Gasteiger charge is 2.30. The molecular formula is C20H23F3N4O2. The molecule has 0 aliphatic carbocycles. The van der Waals surface area contributed by atoms with Crippen LogP contribution in [0, 0.1) is 5.92 Å². The van der Waals surface area contributed by atoms with E-state index >= 15 is 0 Å². The van der Waals surface area contributed by atoms with Crippen LogP contribution in [-0.2, 0) is 11.3 Å². The van der Waals surface area contributed by atoms with Crippen LogP contribution in [0.5, 0.6) is 5.75 Å². The molecule has 0 saturated carbocycles. The van der Waals surface area contributed by atoms with Crippen LogP contribution in [0.25, 0.3) is 0 Å². The number of carbonyl (C=O) groups is 1. The molecule has 0 heterocycles. The van der Waals surface area contributed by atoms with Gasteiger partial charge >= 0.3 is 6.36 Å². The highest BCUT2D eigenvalue weighted by molar-refractivity contribution is 5.93. The molecule has 0 spiro atoms. The Morgan fingerprint density at radius 1 is 1.14 bits per heavy atom. The molecule has 0 fully saturated rings. The van der Waals surface area contributed by atoms with Crippen LogP contribution in [0.2, 0.25) is 0 Å². The maximum absolute atomic E-state index is 12.2. The molecule has 29 heavy (non-hydrogen) atoms. The second-order valence-corrected chi connectivity index (χ2v) is 6.40. The Hall–Kier alpha value is -3.23. The van der Waals surface area contributed by atoms with E-state index in [0.717, 1.165) is 12.0 Å². The average molecular weight is 408 g/mol. The number of ether oxygens (including phenoxy) is 1. The maximum atomic E-state index is 12.2. The predicted molar refractivity (Wildman–Crippen MR) is 107 cm³/mol. The number of anilines is 2. The van der Waals surface area contributed by atoms with E-state index in [0.29, 0.717) is 11.4 Å². The lowest BCUT2D eigenvalue weighted by molar-refractivity contribution is -0.274. The van der Waals surface area contributed by atoms with Crippen molar-refractivity contribution in [2.24, 2.45) is 16.6 Å². The predicted octanol–water partition coefficient (Wildman–Crippen LogP) is 4.50. The summed E-state index contributed by atoms with van der Waals surface area (Å²) in [4.78, 5) is 16.2. The zero-order valence-electron chi connectivity index (χ0n) is 16.1. The van der Waals surface area contributed by atoms with Crippen LogP contribution in [-0.4, -0.2) is 18.2 Å². The first-order chi connectivity index (χ1) is 13.7. The summed E-state index contributed by atoms with van der Waals surface area (Å²) in [5, 5.41) is 5.65. The standard InChI is InChI=1S/C20H23F3N4O2/c1-3-13(2)18(28)26-16-6-4-5-14(11-16)12-25-19(24)27-15-7-9-17(10-8-15)29-20(21,22)23/h4-11,13H,3,12H2,1-2H3,(H,26,28)(H3,24,25,27). The SMILES string of the molecule is CCC(C)C(=O)Nc1cccc(CN=C(N)Nc2ccc(OC(F)(F)F)cc2)c1. The fourth-order valence-corrected chi connectivity index (χ4v) is 2.30. The summed E-state index contributed by atoms with van der Waals surface area (Å²) in [6.45, 7) is 4.07. The zero-order valence-corrected chi connectivity index (χ0v) is 16.1. The van der Waals surface area contributed by atoms with E-state index in [4.69, 9.17) is 5.73 Å². The largest absolute Gasteiger partial charge is 0.573 e. The van der Waals surface area contributed by atoms with Crippen molar-refractivity contribution in [1.29, 1.82) is 0 Å². The first-order valence-corrected chi connectivity index (χ1v) is 8.99. The maximum Gasteiger partial charge on any atom is 0.573 e. The van der Waals surface area contributed by atoms with Crippen molar-refractivity contribution >= 4 is 23.2 Å². The number of halogens is 3. The van der Waals surface area contributed by atoms with Gasteiger partial charge in [0.2, 0.25) is 5.91 Å². The Kier molecular flexibility index (Phi) is 7.46. The third-order valence-corrected chi connectivity index (χ3v) is 4.05. The Morgan fingerprint density at radius 2 is 1.83 bits per heavy atom. The topological polar surface area (TPSA) is 88.7 Å². The quantitative estimate of drug-likeness (QED) is 0.465. The minimum atomic E-state index is -4.74. The van der Waals surface area contributed by atoms with E-state index in [1.165, 1.54) is 24.3 Å². The number of hydrogen-bond donors (Lipinski definition) is 3. The van der Waals surface area contributed by atoms with E-state index in [-0.39, 0.29) is 30.1 Å². The molecule has 156 valence electrons. The molecule has 6 nitrogen and oxygen atoms in total. The van der Waals surface area contributed by atoms with E-state index in [1.807, 2.05) is 19.9 Å². The van der Waals surface area contributed by atoms with Gasteiger partial charge in [-0.15, -0.1) is 13.2 Å². The van der Waals surface area contributed by atoms with Crippen molar-refractivity contribution in [1.82, 2.24) is 0 Å². The van der Waals surface area contributed by atoms with Crippen molar-refractivity contribution in [3.8, 4) is 5.75 Å². The smallest absolute Gasteiger partial charge is 0.406 e. The lowest BCUT2D eigenvalue weighted by Crippen LogP contribution is -2.22. The van der Waals surface area contributed by atoms with Gasteiger partial charge in [-0.3, -0.25) is 4.79 Å². The molecule has 9 heteroatoms. The minimum absolute atomic E-state index is 0.0488. The Morgan fingerprint density at radius 3 is 2.45 bits per heavy atom. The van der Waals surface area contributed by atoms with Crippen LogP contribution in [0.4, 0.5) is 24.5 Å². The van der Waals surface area contributed by atoms with E-state index < -0.39 is 6.36 Å². The molecular weight excluding hydrogens is 385 g/mol. The van der Waals surface area contributed by atoms with Gasteiger partial charge in [-0.2, -0.15) is 0 Å². The van der Waals surface area contributed by atoms with Gasteiger partial charge in [-0.05, 0) is 48.4 Å². The lowest BCUT2D eigenvalue weighted by Gasteiger charge is -2.11. The summed E-state index contributed by atoms with van der Waals surface area (Å²) < 4.78 is 40.3. The van der Waals surface area contributed by atoms with Gasteiger partial charge in [0.15, 0.2) is 5.96 Å². The van der Waals surface area contributed by atoms with Gasteiger partial charge in [0.25, 0.3) is 0 Å². The molecule has 4 N–H and O–H groups in total. The molecule has 2 aromatic rings. The molecule has 2 aromatic carbocycles. The van der Waals surface area contributed by atoms with Gasteiger partial charge < -0.3 is 21.1 Å². The Labute approximate surface area is 167 Å². The highest BCUT2D eigenvalue weighted by atomic mass is 19.4. The van der Waals surface area contributed by atoms with Crippen LogP contribution in [0.1, 0.15) is 25.8 Å². The van der Waals surface area contributed by atoms with Crippen molar-refractivity contribution in [3.05, 3.63) is 54.1 Å². The Bertz CT molecular complexity index is 852. The fraction of sp³-hybridized carbons (Fsp3) is 0.300. The molecule has 0 bridgehead atoms. The third kappa shape index (κ3) is 7.73. The van der Waals surface area contributed by atoms with Crippen molar-refractivity contribution in [3.63, 3.8) is 0 Å². The number of carbonyl (C=O) groups excluding carboxylic acids is 1. The second kappa shape index (κ2) is 9.81. The number of rotatable bonds is 7. The summed E-state index contributed by atoms with van der Waals surface area (Å²) in [6, 6.07) is 12.4. The number of alkyl halides is 3. The zero-order chi connectivity index (χ0) is 21.4. The molecule has 0 aliphatic rings. The lowest BCUT2D eigenvalue weighted by atomic mass is 10.1. The molecule has 1 unspecified atom stereocenters. The normalized spacial score (nSPS) is 12.9. The van der Waals surface area contributed by atoms with Gasteiger partial charge in [-0.1, -0.05) is 26.0 Å². The Balaban J connectivity index is 1.94. The number of guanidine groups is 1. The summed E-state index contributed by atoms with van der Waals surface area (Å²) in [7, 11) is 0. The molecule has 1 atom stereocenters. The van der Waals surface area contributed by atoms with Crippen LogP contribution < -0.4 is 21.1 Å². The van der Waals surface area contributed by atoms with Gasteiger partial charge in [0.05, 0.1) is 6.54 Å². The van der Waals surface area contributed by atoms with Crippen molar-refractivity contribution in [2.45, 2.75) is 33.2 Å². The molecule has 0 aliphatic heterocycles. The first-order valence-electron chi connectivity index (χ1n) is 8.99. The van der Waals surface area contributed by atoms with E-state index in [9.17, 15) is 18.0 Å². The summed E-state index contributed by atoms with van der Waals surface area (Å²) in [6.07, 6.45) is -3.99. The number of hydrogen-bond acceptors (Lipinski definition) is 3. The molecule has 0 aromatic heterocycles. The highest BCUT2D eigenvalue weighted by Crippen LogP contribution is 2.23. The number of nitrogens with one attached hydrogen (secondary N) is 2. The van der Waals surface area contributed by atoms with Crippen LogP contribution in [0.15, 0.2) is 53.5 Å². The van der Waals surface area contributed by atoms with E-state index in [2.05, 4.69) is 20.4 Å². The summed E-state index contributed by atoms with van der Waals surface area (Å²) >= 11 is 0. The van der Waals surface area contributed by atoms with Crippen LogP contribution >= 0.6 is 0 Å². The van der Waals surface area contributed by atoms with E-state index in [1.54, 1.807) is 18.2 Å². The molecule has 1 amide bonds.